The van der Waals surface area contributed by atoms with Crippen LogP contribution in [0.3, 0.4) is 0 Å². The first kappa shape index (κ1) is 14.6. The van der Waals surface area contributed by atoms with Crippen molar-refractivity contribution >= 4 is 11.5 Å². The molecule has 0 radical (unpaired) electrons. The van der Waals surface area contributed by atoms with Crippen LogP contribution in [0.5, 0.6) is 11.5 Å². The number of nitrogens with zero attached hydrogens (tertiary/aromatic N) is 1. The van der Waals surface area contributed by atoms with E-state index in [1.54, 1.807) is 30.3 Å². The lowest BCUT2D eigenvalue weighted by Crippen LogP contribution is -2.00. The summed E-state index contributed by atoms with van der Waals surface area (Å²) in [6.07, 6.45) is 0. The fourth-order valence-electron chi connectivity index (χ4n) is 2.20. The Morgan fingerprint density at radius 2 is 1.81 bits per heavy atom. The molecular weight excluding hydrogens is 264 g/mol. The largest absolute Gasteiger partial charge is 0.457 e. The van der Waals surface area contributed by atoms with E-state index in [1.165, 1.54) is 6.92 Å². The SMILES string of the molecule is CC(=O)c1cc(Oc2c(C)cc(C#N)cc2C)ccc1N. The molecule has 0 bridgehead atoms. The van der Waals surface area contributed by atoms with E-state index in [9.17, 15) is 4.79 Å². The van der Waals surface area contributed by atoms with E-state index in [0.29, 0.717) is 28.3 Å². The number of nitrogens with two attached hydrogens (primary N) is 1. The third-order valence-corrected chi connectivity index (χ3v) is 3.21. The lowest BCUT2D eigenvalue weighted by molar-refractivity contribution is 0.101. The molecule has 0 aliphatic heterocycles. The van der Waals surface area contributed by atoms with Gasteiger partial charge in [0.1, 0.15) is 11.5 Å². The highest BCUT2D eigenvalue weighted by molar-refractivity contribution is 5.99. The van der Waals surface area contributed by atoms with Gasteiger partial charge in [-0.05, 0) is 62.2 Å². The summed E-state index contributed by atoms with van der Waals surface area (Å²) in [6.45, 7) is 5.23. The summed E-state index contributed by atoms with van der Waals surface area (Å²) < 4.78 is 5.87. The van der Waals surface area contributed by atoms with Crippen molar-refractivity contribution in [1.82, 2.24) is 0 Å². The predicted molar refractivity (Wildman–Crippen MR) is 81.6 cm³/mol. The molecular formula is C17H16N2O2. The van der Waals surface area contributed by atoms with Crippen LogP contribution < -0.4 is 10.5 Å². The lowest BCUT2D eigenvalue weighted by atomic mass is 10.1. The van der Waals surface area contributed by atoms with Gasteiger partial charge >= 0.3 is 0 Å². The topological polar surface area (TPSA) is 76.1 Å². The number of nitriles is 1. The molecule has 2 aromatic rings. The van der Waals surface area contributed by atoms with Crippen LogP contribution in [0, 0.1) is 25.2 Å². The third-order valence-electron chi connectivity index (χ3n) is 3.21. The number of hydrogen-bond acceptors (Lipinski definition) is 4. The molecule has 4 heteroatoms. The quantitative estimate of drug-likeness (QED) is 0.686. The first-order valence-corrected chi connectivity index (χ1v) is 6.52. The molecule has 0 aliphatic carbocycles. The van der Waals surface area contributed by atoms with Crippen LogP contribution >= 0.6 is 0 Å². The number of aryl methyl sites for hydroxylation is 2. The minimum atomic E-state index is -0.105. The smallest absolute Gasteiger partial charge is 0.162 e. The Morgan fingerprint density at radius 3 is 2.33 bits per heavy atom. The molecule has 0 heterocycles. The van der Waals surface area contributed by atoms with Crippen LogP contribution in [-0.4, -0.2) is 5.78 Å². The fourth-order valence-corrected chi connectivity index (χ4v) is 2.20. The molecule has 0 fully saturated rings. The van der Waals surface area contributed by atoms with Crippen molar-refractivity contribution in [2.75, 3.05) is 5.73 Å². The summed E-state index contributed by atoms with van der Waals surface area (Å²) in [6, 6.07) is 10.7. The van der Waals surface area contributed by atoms with Gasteiger partial charge in [-0.1, -0.05) is 0 Å². The van der Waals surface area contributed by atoms with E-state index >= 15 is 0 Å². The normalized spacial score (nSPS) is 10.0. The second kappa shape index (κ2) is 5.68. The van der Waals surface area contributed by atoms with Crippen LogP contribution in [0.4, 0.5) is 5.69 Å². The van der Waals surface area contributed by atoms with Crippen molar-refractivity contribution < 1.29 is 9.53 Å². The van der Waals surface area contributed by atoms with Crippen molar-refractivity contribution in [3.8, 4) is 17.6 Å². The molecule has 2 rings (SSSR count). The average molecular weight is 280 g/mol. The summed E-state index contributed by atoms with van der Waals surface area (Å²) in [5, 5.41) is 8.95. The third kappa shape index (κ3) is 3.03. The van der Waals surface area contributed by atoms with E-state index in [-0.39, 0.29) is 5.78 Å². The number of rotatable bonds is 3. The second-order valence-electron chi connectivity index (χ2n) is 4.96. The number of carbonyl (C=O) groups is 1. The molecule has 4 nitrogen and oxygen atoms in total. The average Bonchev–Trinajstić information content (AvgIpc) is 2.43. The Morgan fingerprint density at radius 1 is 1.19 bits per heavy atom. The van der Waals surface area contributed by atoms with Crippen molar-refractivity contribution in [1.29, 1.82) is 5.26 Å². The summed E-state index contributed by atoms with van der Waals surface area (Å²) >= 11 is 0. The maximum atomic E-state index is 11.5. The van der Waals surface area contributed by atoms with Gasteiger partial charge in [-0.2, -0.15) is 5.26 Å². The van der Waals surface area contributed by atoms with Gasteiger partial charge in [-0.25, -0.2) is 0 Å². The molecule has 21 heavy (non-hydrogen) atoms. The predicted octanol–water partition coefficient (Wildman–Crippen LogP) is 3.75. The number of carbonyl (C=O) groups excluding carboxylic acids is 1. The maximum Gasteiger partial charge on any atom is 0.162 e. The molecule has 2 N–H and O–H groups in total. The van der Waals surface area contributed by atoms with Crippen LogP contribution in [0.1, 0.15) is 34.0 Å². The van der Waals surface area contributed by atoms with E-state index in [4.69, 9.17) is 15.7 Å². The summed E-state index contributed by atoms with van der Waals surface area (Å²) in [5.74, 6) is 1.13. The van der Waals surface area contributed by atoms with E-state index in [1.807, 2.05) is 13.8 Å². The number of ether oxygens (including phenoxy) is 1. The molecule has 0 aromatic heterocycles. The highest BCUT2D eigenvalue weighted by Gasteiger charge is 2.11. The molecule has 2 aromatic carbocycles. The number of anilines is 1. The van der Waals surface area contributed by atoms with Crippen LogP contribution in [0.15, 0.2) is 30.3 Å². The Bertz CT molecular complexity index is 735. The zero-order valence-corrected chi connectivity index (χ0v) is 12.2. The van der Waals surface area contributed by atoms with Gasteiger partial charge in [0.2, 0.25) is 0 Å². The highest BCUT2D eigenvalue weighted by Crippen LogP contribution is 2.31. The van der Waals surface area contributed by atoms with Gasteiger partial charge in [0, 0.05) is 11.3 Å². The molecule has 0 saturated carbocycles. The van der Waals surface area contributed by atoms with E-state index in [2.05, 4.69) is 6.07 Å². The minimum Gasteiger partial charge on any atom is -0.457 e. The van der Waals surface area contributed by atoms with Crippen molar-refractivity contribution in [2.24, 2.45) is 0 Å². The summed E-state index contributed by atoms with van der Waals surface area (Å²) in [7, 11) is 0. The zero-order valence-electron chi connectivity index (χ0n) is 12.2. The van der Waals surface area contributed by atoms with Crippen molar-refractivity contribution in [2.45, 2.75) is 20.8 Å². The van der Waals surface area contributed by atoms with Gasteiger partial charge in [-0.15, -0.1) is 0 Å². The van der Waals surface area contributed by atoms with Crippen LogP contribution in [0.25, 0.3) is 0 Å². The molecule has 106 valence electrons. The van der Waals surface area contributed by atoms with Gasteiger partial charge in [0.05, 0.1) is 11.6 Å². The minimum absolute atomic E-state index is 0.105. The molecule has 0 aliphatic rings. The monoisotopic (exact) mass is 280 g/mol. The summed E-state index contributed by atoms with van der Waals surface area (Å²) in [5.41, 5.74) is 8.98. The van der Waals surface area contributed by atoms with E-state index in [0.717, 1.165) is 11.1 Å². The molecule has 0 atom stereocenters. The first-order valence-electron chi connectivity index (χ1n) is 6.52. The Kier molecular flexibility index (Phi) is 3.95. The van der Waals surface area contributed by atoms with Crippen molar-refractivity contribution in [3.05, 3.63) is 52.6 Å². The molecule has 0 spiro atoms. The van der Waals surface area contributed by atoms with Crippen molar-refractivity contribution in [3.63, 3.8) is 0 Å². The number of nitrogen functional groups attached to an aromatic ring is 1. The molecule has 0 unspecified atom stereocenters. The number of hydrogen-bond donors (Lipinski definition) is 1. The number of Topliss-reactive ketones (excluding diaryl/α,β-unsaturated/α-hetero) is 1. The first-order chi connectivity index (χ1) is 9.92. The number of ketones is 1. The summed E-state index contributed by atoms with van der Waals surface area (Å²) in [4.78, 5) is 11.5. The zero-order chi connectivity index (χ0) is 15.6. The Balaban J connectivity index is 2.42. The Hall–Kier alpha value is -2.80. The fraction of sp³-hybridized carbons (Fsp3) is 0.176. The Labute approximate surface area is 123 Å². The van der Waals surface area contributed by atoms with E-state index < -0.39 is 0 Å². The maximum absolute atomic E-state index is 11.5. The molecule has 0 amide bonds. The lowest BCUT2D eigenvalue weighted by Gasteiger charge is -2.13. The van der Waals surface area contributed by atoms with Gasteiger partial charge < -0.3 is 10.5 Å². The number of benzene rings is 2. The van der Waals surface area contributed by atoms with Crippen LogP contribution in [-0.2, 0) is 0 Å². The highest BCUT2D eigenvalue weighted by atomic mass is 16.5. The van der Waals surface area contributed by atoms with Crippen LogP contribution in [0.2, 0.25) is 0 Å². The van der Waals surface area contributed by atoms with Gasteiger partial charge in [0.25, 0.3) is 0 Å². The molecule has 0 saturated heterocycles. The second-order valence-corrected chi connectivity index (χ2v) is 4.96. The van der Waals surface area contributed by atoms with Gasteiger partial charge in [0.15, 0.2) is 5.78 Å². The standard InChI is InChI=1S/C17H16N2O2/c1-10-6-13(9-18)7-11(2)17(10)21-14-4-5-16(19)15(8-14)12(3)20/h4-8H,19H2,1-3H3. The van der Waals surface area contributed by atoms with Gasteiger partial charge in [-0.3, -0.25) is 4.79 Å².